The van der Waals surface area contributed by atoms with Crippen LogP contribution >= 0.6 is 11.3 Å². The van der Waals surface area contributed by atoms with Crippen LogP contribution in [0, 0.1) is 6.92 Å². The number of aryl methyl sites for hydroxylation is 1. The summed E-state index contributed by atoms with van der Waals surface area (Å²) >= 11 is 1.21. The van der Waals surface area contributed by atoms with Crippen molar-refractivity contribution in [1.29, 1.82) is 0 Å². The third-order valence-corrected chi connectivity index (χ3v) is 6.31. The van der Waals surface area contributed by atoms with Gasteiger partial charge in [0.2, 0.25) is 5.91 Å². The van der Waals surface area contributed by atoms with Gasteiger partial charge in [0.05, 0.1) is 17.9 Å². The number of sulfonamides is 1. The van der Waals surface area contributed by atoms with Crippen LogP contribution in [0.1, 0.15) is 11.8 Å². The topological polar surface area (TPSA) is 75.7 Å². The molecule has 2 aromatic rings. The largest absolute Gasteiger partial charge is 0.489 e. The number of hydrogen-bond acceptors (Lipinski definition) is 5. The zero-order valence-corrected chi connectivity index (χ0v) is 14.3. The van der Waals surface area contributed by atoms with Crippen molar-refractivity contribution in [3.8, 4) is 5.75 Å². The minimum absolute atomic E-state index is 0.0723. The Balaban J connectivity index is 1.89. The zero-order valence-electron chi connectivity index (χ0n) is 12.7. The molecule has 0 fully saturated rings. The Bertz CT molecular complexity index is 858. The number of carbonyl (C=O) groups is 1. The van der Waals surface area contributed by atoms with E-state index >= 15 is 0 Å². The molecule has 1 aromatic carbocycles. The van der Waals surface area contributed by atoms with Crippen LogP contribution in [-0.4, -0.2) is 27.5 Å². The first kappa shape index (κ1) is 15.8. The summed E-state index contributed by atoms with van der Waals surface area (Å²) in [5.41, 5.74) is 1.05. The summed E-state index contributed by atoms with van der Waals surface area (Å²) < 4.78 is 33.0. The van der Waals surface area contributed by atoms with Crippen LogP contribution in [0.4, 0.5) is 11.4 Å². The van der Waals surface area contributed by atoms with E-state index in [1.165, 1.54) is 18.3 Å². The second-order valence-electron chi connectivity index (χ2n) is 5.17. The van der Waals surface area contributed by atoms with E-state index in [9.17, 15) is 13.2 Å². The molecule has 0 atom stereocenters. The number of fused-ring (bicyclic) bond motifs is 1. The molecule has 0 spiro atoms. The van der Waals surface area contributed by atoms with E-state index in [4.69, 9.17) is 4.74 Å². The Kier molecular flexibility index (Phi) is 4.03. The SMILES string of the molecule is CC(=O)N1CCOc2cc(NS(=O)(=O)c3ccc(C)s3)ccc21. The normalized spacial score (nSPS) is 14.1. The predicted octanol–water partition coefficient (Wildman–Crippen LogP) is 2.60. The maximum absolute atomic E-state index is 12.3. The molecule has 1 aliphatic heterocycles. The third-order valence-electron chi connectivity index (χ3n) is 3.44. The molecule has 1 N–H and O–H groups in total. The Morgan fingerprint density at radius 1 is 1.30 bits per heavy atom. The number of anilines is 2. The van der Waals surface area contributed by atoms with Gasteiger partial charge in [-0.1, -0.05) is 0 Å². The number of nitrogens with zero attached hydrogens (tertiary/aromatic N) is 1. The monoisotopic (exact) mass is 352 g/mol. The highest BCUT2D eigenvalue weighted by Gasteiger charge is 2.23. The molecule has 3 rings (SSSR count). The standard InChI is InChI=1S/C15H16N2O4S2/c1-10-3-6-15(22-10)23(19,20)16-12-4-5-13-14(9-12)21-8-7-17(13)11(2)18/h3-6,9,16H,7-8H2,1-2H3. The predicted molar refractivity (Wildman–Crippen MR) is 89.8 cm³/mol. The molecule has 6 nitrogen and oxygen atoms in total. The average Bonchev–Trinajstić information content (AvgIpc) is 2.93. The lowest BCUT2D eigenvalue weighted by Crippen LogP contribution is -2.36. The molecule has 0 radical (unpaired) electrons. The fourth-order valence-electron chi connectivity index (χ4n) is 2.37. The number of amides is 1. The van der Waals surface area contributed by atoms with E-state index in [0.29, 0.717) is 30.3 Å². The van der Waals surface area contributed by atoms with Crippen molar-refractivity contribution in [3.63, 3.8) is 0 Å². The van der Waals surface area contributed by atoms with Crippen molar-refractivity contribution in [1.82, 2.24) is 0 Å². The van der Waals surface area contributed by atoms with Gasteiger partial charge in [-0.25, -0.2) is 8.42 Å². The van der Waals surface area contributed by atoms with Crippen molar-refractivity contribution >= 4 is 38.6 Å². The van der Waals surface area contributed by atoms with E-state index in [0.717, 1.165) is 4.88 Å². The average molecular weight is 352 g/mol. The highest BCUT2D eigenvalue weighted by molar-refractivity contribution is 7.94. The lowest BCUT2D eigenvalue weighted by molar-refractivity contribution is -0.116. The fourth-order valence-corrected chi connectivity index (χ4v) is 4.71. The zero-order chi connectivity index (χ0) is 16.6. The van der Waals surface area contributed by atoms with Crippen LogP contribution in [0.2, 0.25) is 0 Å². The number of ether oxygens (including phenoxy) is 1. The molecule has 0 unspecified atom stereocenters. The summed E-state index contributed by atoms with van der Waals surface area (Å²) in [6, 6.07) is 8.26. The lowest BCUT2D eigenvalue weighted by atomic mass is 10.2. The first-order valence-corrected chi connectivity index (χ1v) is 9.31. The molecule has 8 heteroatoms. The van der Waals surface area contributed by atoms with E-state index in [-0.39, 0.29) is 10.1 Å². The van der Waals surface area contributed by atoms with Gasteiger partial charge >= 0.3 is 0 Å². The summed E-state index contributed by atoms with van der Waals surface area (Å²) in [4.78, 5) is 14.2. The molecule has 1 aliphatic rings. The third kappa shape index (κ3) is 3.18. The van der Waals surface area contributed by atoms with Crippen LogP contribution in [0.25, 0.3) is 0 Å². The number of carbonyl (C=O) groups excluding carboxylic acids is 1. The molecule has 0 aliphatic carbocycles. The van der Waals surface area contributed by atoms with Gasteiger partial charge < -0.3 is 9.64 Å². The van der Waals surface area contributed by atoms with Crippen LogP contribution in [-0.2, 0) is 14.8 Å². The summed E-state index contributed by atoms with van der Waals surface area (Å²) in [7, 11) is -3.62. The van der Waals surface area contributed by atoms with E-state index in [1.54, 1.807) is 35.2 Å². The van der Waals surface area contributed by atoms with Gasteiger partial charge in [-0.2, -0.15) is 0 Å². The molecular weight excluding hydrogens is 336 g/mol. The number of thiophene rings is 1. The van der Waals surface area contributed by atoms with Crippen molar-refractivity contribution in [3.05, 3.63) is 35.2 Å². The summed E-state index contributed by atoms with van der Waals surface area (Å²) in [6.45, 7) is 4.21. The molecule has 1 aromatic heterocycles. The van der Waals surface area contributed by atoms with Gasteiger partial charge in [0.15, 0.2) is 0 Å². The first-order chi connectivity index (χ1) is 10.9. The van der Waals surface area contributed by atoms with E-state index < -0.39 is 10.0 Å². The van der Waals surface area contributed by atoms with Crippen LogP contribution in [0.5, 0.6) is 5.75 Å². The molecule has 0 saturated heterocycles. The Morgan fingerprint density at radius 2 is 2.09 bits per heavy atom. The maximum Gasteiger partial charge on any atom is 0.271 e. The van der Waals surface area contributed by atoms with Gasteiger partial charge in [0.1, 0.15) is 16.6 Å². The Labute approximate surface area is 138 Å². The highest BCUT2D eigenvalue weighted by atomic mass is 32.2. The lowest BCUT2D eigenvalue weighted by Gasteiger charge is -2.29. The molecule has 0 bridgehead atoms. The van der Waals surface area contributed by atoms with Crippen molar-refractivity contribution in [2.75, 3.05) is 22.8 Å². The summed E-state index contributed by atoms with van der Waals surface area (Å²) in [5, 5.41) is 0. The van der Waals surface area contributed by atoms with Gasteiger partial charge in [-0.15, -0.1) is 11.3 Å². The Hall–Kier alpha value is -2.06. The number of benzene rings is 1. The number of nitrogens with one attached hydrogen (secondary N) is 1. The second-order valence-corrected chi connectivity index (χ2v) is 8.37. The van der Waals surface area contributed by atoms with Gasteiger partial charge in [0.25, 0.3) is 10.0 Å². The van der Waals surface area contributed by atoms with Gasteiger partial charge in [-0.05, 0) is 31.2 Å². The molecule has 23 heavy (non-hydrogen) atoms. The molecule has 1 amide bonds. The quantitative estimate of drug-likeness (QED) is 0.921. The van der Waals surface area contributed by atoms with Crippen LogP contribution < -0.4 is 14.4 Å². The summed E-state index contributed by atoms with van der Waals surface area (Å²) in [6.07, 6.45) is 0. The molecular formula is C15H16N2O4S2. The number of rotatable bonds is 3. The van der Waals surface area contributed by atoms with Gasteiger partial charge in [0, 0.05) is 17.9 Å². The molecule has 122 valence electrons. The minimum Gasteiger partial charge on any atom is -0.489 e. The molecule has 0 saturated carbocycles. The highest BCUT2D eigenvalue weighted by Crippen LogP contribution is 2.35. The van der Waals surface area contributed by atoms with E-state index in [1.807, 2.05) is 6.92 Å². The summed E-state index contributed by atoms with van der Waals surface area (Å²) in [5.74, 6) is 0.422. The van der Waals surface area contributed by atoms with Crippen molar-refractivity contribution in [2.45, 2.75) is 18.1 Å². The van der Waals surface area contributed by atoms with E-state index in [2.05, 4.69) is 4.72 Å². The molecule has 2 heterocycles. The van der Waals surface area contributed by atoms with Crippen molar-refractivity contribution in [2.24, 2.45) is 0 Å². The smallest absolute Gasteiger partial charge is 0.271 e. The fraction of sp³-hybridized carbons (Fsp3) is 0.267. The van der Waals surface area contributed by atoms with Crippen LogP contribution in [0.15, 0.2) is 34.5 Å². The second kappa shape index (κ2) is 5.86. The first-order valence-electron chi connectivity index (χ1n) is 7.01. The maximum atomic E-state index is 12.3. The van der Waals surface area contributed by atoms with Crippen LogP contribution in [0.3, 0.4) is 0 Å². The number of hydrogen-bond donors (Lipinski definition) is 1. The Morgan fingerprint density at radius 3 is 2.74 bits per heavy atom. The van der Waals surface area contributed by atoms with Gasteiger partial charge in [-0.3, -0.25) is 9.52 Å². The van der Waals surface area contributed by atoms with Crippen molar-refractivity contribution < 1.29 is 17.9 Å². The minimum atomic E-state index is -3.62.